The van der Waals surface area contributed by atoms with Gasteiger partial charge in [0, 0.05) is 32.1 Å². The average molecular weight is 424 g/mol. The molecule has 1 fully saturated rings. The van der Waals surface area contributed by atoms with Gasteiger partial charge in [-0.3, -0.25) is 14.4 Å². The smallest absolute Gasteiger partial charge is 0.308 e. The van der Waals surface area contributed by atoms with E-state index in [9.17, 15) is 14.4 Å². The van der Waals surface area contributed by atoms with Crippen molar-refractivity contribution in [3.63, 3.8) is 0 Å². The zero-order valence-electron chi connectivity index (χ0n) is 17.9. The molecule has 0 unspecified atom stereocenters. The zero-order chi connectivity index (χ0) is 22.2. The molecular formula is C24H28N2O5. The maximum atomic E-state index is 12.8. The second kappa shape index (κ2) is 10.6. The summed E-state index contributed by atoms with van der Waals surface area (Å²) in [6, 6.07) is 14.2. The molecule has 1 saturated heterocycles. The largest absolute Gasteiger partial charge is 0.497 e. The summed E-state index contributed by atoms with van der Waals surface area (Å²) >= 11 is 0. The van der Waals surface area contributed by atoms with Gasteiger partial charge in [-0.25, -0.2) is 0 Å². The number of piperidine rings is 1. The lowest BCUT2D eigenvalue weighted by atomic mass is 9.96. The van der Waals surface area contributed by atoms with Gasteiger partial charge >= 0.3 is 5.97 Å². The number of carbonyl (C=O) groups excluding carboxylic acids is 3. The van der Waals surface area contributed by atoms with E-state index in [2.05, 4.69) is 5.32 Å². The van der Waals surface area contributed by atoms with Crippen LogP contribution in [0.25, 0.3) is 0 Å². The Bertz CT molecular complexity index is 935. The number of esters is 1. The summed E-state index contributed by atoms with van der Waals surface area (Å²) in [6.45, 7) is 3.20. The summed E-state index contributed by atoms with van der Waals surface area (Å²) in [5.41, 5.74) is 1.41. The Labute approximate surface area is 182 Å². The fraction of sp³-hybridized carbons (Fsp3) is 0.375. The average Bonchev–Trinajstić information content (AvgIpc) is 2.77. The van der Waals surface area contributed by atoms with Crippen LogP contribution in [0.4, 0.5) is 0 Å². The fourth-order valence-corrected chi connectivity index (χ4v) is 3.67. The summed E-state index contributed by atoms with van der Waals surface area (Å²) in [5.74, 6) is 0.931. The molecule has 0 bridgehead atoms. The van der Waals surface area contributed by atoms with Crippen molar-refractivity contribution < 1.29 is 23.9 Å². The van der Waals surface area contributed by atoms with Crippen LogP contribution in [-0.4, -0.2) is 49.4 Å². The lowest BCUT2D eigenvalue weighted by molar-refractivity contribution is -0.131. The standard InChI is InChI=1S/C24H28N2O5/c1-17(27)31-22-8-4-6-20(15-22)24(29)26-11-9-18(10-12-26)16-25-23(28)14-19-5-3-7-21(13-19)30-2/h3-8,13,15,18H,9-12,14,16H2,1-2H3,(H,25,28). The molecule has 31 heavy (non-hydrogen) atoms. The second-order valence-electron chi connectivity index (χ2n) is 7.69. The van der Waals surface area contributed by atoms with Crippen molar-refractivity contribution in [1.29, 1.82) is 0 Å². The summed E-state index contributed by atoms with van der Waals surface area (Å²) in [4.78, 5) is 38.0. The molecule has 1 aliphatic rings. The van der Waals surface area contributed by atoms with Crippen LogP contribution in [0.2, 0.25) is 0 Å². The molecule has 0 saturated carbocycles. The number of hydrogen-bond acceptors (Lipinski definition) is 5. The normalized spacial score (nSPS) is 14.1. The minimum atomic E-state index is -0.418. The third-order valence-electron chi connectivity index (χ3n) is 5.33. The molecule has 7 nitrogen and oxygen atoms in total. The molecule has 1 N–H and O–H groups in total. The van der Waals surface area contributed by atoms with Crippen molar-refractivity contribution >= 4 is 17.8 Å². The van der Waals surface area contributed by atoms with E-state index in [4.69, 9.17) is 9.47 Å². The molecule has 3 rings (SSSR count). The van der Waals surface area contributed by atoms with Crippen LogP contribution in [-0.2, 0) is 16.0 Å². The Morgan fingerprint density at radius 3 is 2.45 bits per heavy atom. The van der Waals surface area contributed by atoms with Crippen molar-refractivity contribution in [2.24, 2.45) is 5.92 Å². The maximum Gasteiger partial charge on any atom is 0.308 e. The second-order valence-corrected chi connectivity index (χ2v) is 7.69. The van der Waals surface area contributed by atoms with Gasteiger partial charge in [-0.15, -0.1) is 0 Å². The van der Waals surface area contributed by atoms with Crippen LogP contribution in [0.15, 0.2) is 48.5 Å². The van der Waals surface area contributed by atoms with Gasteiger partial charge in [-0.1, -0.05) is 18.2 Å². The summed E-state index contributed by atoms with van der Waals surface area (Å²) in [7, 11) is 1.60. The first kappa shape index (κ1) is 22.3. The molecule has 2 aromatic carbocycles. The van der Waals surface area contributed by atoms with Crippen LogP contribution < -0.4 is 14.8 Å². The van der Waals surface area contributed by atoms with Crippen LogP contribution in [0.3, 0.4) is 0 Å². The highest BCUT2D eigenvalue weighted by molar-refractivity contribution is 5.94. The summed E-state index contributed by atoms with van der Waals surface area (Å²) in [5, 5.41) is 3.01. The van der Waals surface area contributed by atoms with E-state index in [1.54, 1.807) is 36.3 Å². The van der Waals surface area contributed by atoms with E-state index in [0.29, 0.717) is 43.3 Å². The molecule has 0 aromatic heterocycles. The summed E-state index contributed by atoms with van der Waals surface area (Å²) in [6.07, 6.45) is 1.97. The molecule has 0 atom stereocenters. The topological polar surface area (TPSA) is 84.9 Å². The van der Waals surface area contributed by atoms with Gasteiger partial charge in [0.1, 0.15) is 11.5 Å². The predicted molar refractivity (Wildman–Crippen MR) is 116 cm³/mol. The van der Waals surface area contributed by atoms with Crippen molar-refractivity contribution in [2.45, 2.75) is 26.2 Å². The lowest BCUT2D eigenvalue weighted by Gasteiger charge is -2.32. The number of ether oxygens (including phenoxy) is 2. The molecule has 0 spiro atoms. The molecule has 1 heterocycles. The number of nitrogens with zero attached hydrogens (tertiary/aromatic N) is 1. The molecule has 2 aromatic rings. The number of nitrogens with one attached hydrogen (secondary N) is 1. The quantitative estimate of drug-likeness (QED) is 0.546. The van der Waals surface area contributed by atoms with Gasteiger partial charge in [-0.05, 0) is 54.7 Å². The van der Waals surface area contributed by atoms with E-state index in [-0.39, 0.29) is 11.8 Å². The predicted octanol–water partition coefficient (Wildman–Crippen LogP) is 2.83. The SMILES string of the molecule is COc1cccc(CC(=O)NCC2CCN(C(=O)c3cccc(OC(C)=O)c3)CC2)c1. The van der Waals surface area contributed by atoms with E-state index >= 15 is 0 Å². The monoisotopic (exact) mass is 424 g/mol. The number of rotatable bonds is 7. The minimum Gasteiger partial charge on any atom is -0.497 e. The summed E-state index contributed by atoms with van der Waals surface area (Å²) < 4.78 is 10.3. The Morgan fingerprint density at radius 2 is 1.74 bits per heavy atom. The number of amides is 2. The highest BCUT2D eigenvalue weighted by Gasteiger charge is 2.24. The lowest BCUT2D eigenvalue weighted by Crippen LogP contribution is -2.41. The van der Waals surface area contributed by atoms with Crippen LogP contribution in [0, 0.1) is 5.92 Å². The first-order chi connectivity index (χ1) is 14.9. The van der Waals surface area contributed by atoms with Crippen molar-refractivity contribution in [2.75, 3.05) is 26.7 Å². The Morgan fingerprint density at radius 1 is 1.03 bits per heavy atom. The highest BCUT2D eigenvalue weighted by atomic mass is 16.5. The number of hydrogen-bond donors (Lipinski definition) is 1. The minimum absolute atomic E-state index is 0.0194. The third kappa shape index (κ3) is 6.57. The fourth-order valence-electron chi connectivity index (χ4n) is 3.67. The van der Waals surface area contributed by atoms with Gasteiger partial charge in [0.25, 0.3) is 5.91 Å². The van der Waals surface area contributed by atoms with Gasteiger partial charge in [0.05, 0.1) is 13.5 Å². The van der Waals surface area contributed by atoms with Crippen molar-refractivity contribution in [3.05, 3.63) is 59.7 Å². The molecular weight excluding hydrogens is 396 g/mol. The zero-order valence-corrected chi connectivity index (χ0v) is 17.9. The molecule has 2 amide bonds. The van der Waals surface area contributed by atoms with Crippen LogP contribution >= 0.6 is 0 Å². The van der Waals surface area contributed by atoms with E-state index in [1.807, 2.05) is 24.3 Å². The Balaban J connectivity index is 1.44. The van der Waals surface area contributed by atoms with Crippen molar-refractivity contribution in [1.82, 2.24) is 10.2 Å². The maximum absolute atomic E-state index is 12.8. The third-order valence-corrected chi connectivity index (χ3v) is 5.33. The molecule has 0 aliphatic carbocycles. The van der Waals surface area contributed by atoms with Crippen LogP contribution in [0.5, 0.6) is 11.5 Å². The van der Waals surface area contributed by atoms with Gasteiger partial charge in [0.2, 0.25) is 5.91 Å². The molecule has 1 aliphatic heterocycles. The molecule has 7 heteroatoms. The first-order valence-electron chi connectivity index (χ1n) is 10.4. The molecule has 164 valence electrons. The van der Waals surface area contributed by atoms with E-state index in [1.165, 1.54) is 6.92 Å². The number of benzene rings is 2. The van der Waals surface area contributed by atoms with Gasteiger partial charge < -0.3 is 19.7 Å². The number of likely N-dealkylation sites (tertiary alicyclic amines) is 1. The van der Waals surface area contributed by atoms with E-state index < -0.39 is 5.97 Å². The Hall–Kier alpha value is -3.35. The number of methoxy groups -OCH3 is 1. The Kier molecular flexibility index (Phi) is 7.65. The highest BCUT2D eigenvalue weighted by Crippen LogP contribution is 2.21. The first-order valence-corrected chi connectivity index (χ1v) is 10.4. The number of carbonyl (C=O) groups is 3. The van der Waals surface area contributed by atoms with E-state index in [0.717, 1.165) is 24.2 Å². The molecule has 0 radical (unpaired) electrons. The van der Waals surface area contributed by atoms with Gasteiger partial charge in [0.15, 0.2) is 0 Å². The van der Waals surface area contributed by atoms with Crippen molar-refractivity contribution in [3.8, 4) is 11.5 Å². The van der Waals surface area contributed by atoms with Crippen LogP contribution in [0.1, 0.15) is 35.7 Å². The van der Waals surface area contributed by atoms with Gasteiger partial charge in [-0.2, -0.15) is 0 Å².